The SMILES string of the molecule is CC(Sc1nnc(-c2ccncc2)o1)C(=O)NC(C)C1CC2CCC1C2. The number of rotatable bonds is 6. The highest BCUT2D eigenvalue weighted by Crippen LogP contribution is 2.49. The first-order valence-electron chi connectivity index (χ1n) is 9.31. The third kappa shape index (κ3) is 3.63. The van der Waals surface area contributed by atoms with Crippen LogP contribution in [-0.4, -0.2) is 32.4 Å². The molecule has 0 spiro atoms. The zero-order chi connectivity index (χ0) is 18.1. The van der Waals surface area contributed by atoms with Crippen molar-refractivity contribution in [1.82, 2.24) is 20.5 Å². The number of amides is 1. The minimum atomic E-state index is -0.276. The van der Waals surface area contributed by atoms with Crippen LogP contribution >= 0.6 is 11.8 Å². The fourth-order valence-electron chi connectivity index (χ4n) is 4.43. The molecule has 0 aromatic carbocycles. The van der Waals surface area contributed by atoms with Gasteiger partial charge in [-0.15, -0.1) is 10.2 Å². The zero-order valence-electron chi connectivity index (χ0n) is 15.1. The van der Waals surface area contributed by atoms with E-state index in [4.69, 9.17) is 4.42 Å². The summed E-state index contributed by atoms with van der Waals surface area (Å²) in [5.41, 5.74) is 0.821. The van der Waals surface area contributed by atoms with Crippen molar-refractivity contribution in [2.45, 2.75) is 56.0 Å². The molecule has 2 aliphatic rings. The molecule has 0 radical (unpaired) electrons. The number of pyridine rings is 1. The van der Waals surface area contributed by atoms with Crippen LogP contribution in [0.5, 0.6) is 0 Å². The molecule has 2 aromatic rings. The molecular weight excluding hydrogens is 348 g/mol. The molecule has 2 aromatic heterocycles. The lowest BCUT2D eigenvalue weighted by Crippen LogP contribution is -2.43. The van der Waals surface area contributed by atoms with Crippen molar-refractivity contribution in [3.63, 3.8) is 0 Å². The van der Waals surface area contributed by atoms with Gasteiger partial charge in [0.15, 0.2) is 0 Å². The first-order valence-corrected chi connectivity index (χ1v) is 10.2. The normalized spacial score (nSPS) is 26.6. The molecule has 2 saturated carbocycles. The molecule has 7 heteroatoms. The maximum absolute atomic E-state index is 12.6. The highest BCUT2D eigenvalue weighted by Gasteiger charge is 2.42. The maximum atomic E-state index is 12.6. The lowest BCUT2D eigenvalue weighted by molar-refractivity contribution is -0.121. The van der Waals surface area contributed by atoms with E-state index in [2.05, 4.69) is 27.4 Å². The molecule has 2 bridgehead atoms. The Kier molecular flexibility index (Phi) is 4.98. The number of hydrogen-bond acceptors (Lipinski definition) is 6. The van der Waals surface area contributed by atoms with Crippen molar-refractivity contribution in [3.05, 3.63) is 24.5 Å². The highest BCUT2D eigenvalue weighted by atomic mass is 32.2. The van der Waals surface area contributed by atoms with E-state index in [1.807, 2.05) is 19.1 Å². The average Bonchev–Trinajstić information content (AvgIpc) is 3.39. The van der Waals surface area contributed by atoms with E-state index in [-0.39, 0.29) is 17.2 Å². The van der Waals surface area contributed by atoms with Gasteiger partial charge in [0.25, 0.3) is 5.22 Å². The summed E-state index contributed by atoms with van der Waals surface area (Å²) in [5.74, 6) is 2.81. The summed E-state index contributed by atoms with van der Waals surface area (Å²) in [6.45, 7) is 4.03. The third-order valence-corrected chi connectivity index (χ3v) is 6.72. The van der Waals surface area contributed by atoms with Gasteiger partial charge in [0.1, 0.15) is 0 Å². The molecule has 2 aliphatic carbocycles. The summed E-state index contributed by atoms with van der Waals surface area (Å²) in [7, 11) is 0. The molecule has 2 fully saturated rings. The molecule has 6 nitrogen and oxygen atoms in total. The van der Waals surface area contributed by atoms with Crippen LogP contribution in [0.2, 0.25) is 0 Å². The Bertz CT molecular complexity index is 766. The lowest BCUT2D eigenvalue weighted by Gasteiger charge is -2.29. The molecule has 138 valence electrons. The van der Waals surface area contributed by atoms with Gasteiger partial charge in [-0.1, -0.05) is 18.2 Å². The van der Waals surface area contributed by atoms with Crippen LogP contribution in [0.25, 0.3) is 11.5 Å². The molecule has 0 saturated heterocycles. The number of fused-ring (bicyclic) bond motifs is 2. The third-order valence-electron chi connectivity index (χ3n) is 5.79. The van der Waals surface area contributed by atoms with Gasteiger partial charge in [0.2, 0.25) is 11.8 Å². The topological polar surface area (TPSA) is 80.9 Å². The second kappa shape index (κ2) is 7.39. The number of carbonyl (C=O) groups excluding carboxylic acids is 1. The summed E-state index contributed by atoms with van der Waals surface area (Å²) >= 11 is 1.30. The molecule has 5 unspecified atom stereocenters. The Balaban J connectivity index is 1.32. The quantitative estimate of drug-likeness (QED) is 0.781. The first kappa shape index (κ1) is 17.5. The van der Waals surface area contributed by atoms with Gasteiger partial charge >= 0.3 is 0 Å². The second-order valence-electron chi connectivity index (χ2n) is 7.51. The van der Waals surface area contributed by atoms with Crippen LogP contribution in [0.4, 0.5) is 0 Å². The van der Waals surface area contributed by atoms with Gasteiger partial charge in [0, 0.05) is 24.0 Å². The predicted octanol–water partition coefficient (Wildman–Crippen LogP) is 3.55. The van der Waals surface area contributed by atoms with Gasteiger partial charge in [-0.2, -0.15) is 0 Å². The van der Waals surface area contributed by atoms with E-state index < -0.39 is 0 Å². The van der Waals surface area contributed by atoms with Crippen LogP contribution in [0, 0.1) is 17.8 Å². The van der Waals surface area contributed by atoms with Crippen molar-refractivity contribution >= 4 is 17.7 Å². The highest BCUT2D eigenvalue weighted by molar-refractivity contribution is 8.00. The van der Waals surface area contributed by atoms with Crippen molar-refractivity contribution in [1.29, 1.82) is 0 Å². The van der Waals surface area contributed by atoms with E-state index in [0.29, 0.717) is 17.0 Å². The Morgan fingerprint density at radius 2 is 2.04 bits per heavy atom. The molecule has 4 rings (SSSR count). The minimum Gasteiger partial charge on any atom is -0.411 e. The van der Waals surface area contributed by atoms with E-state index in [1.54, 1.807) is 12.4 Å². The number of carbonyl (C=O) groups is 1. The number of hydrogen-bond donors (Lipinski definition) is 1. The van der Waals surface area contributed by atoms with Crippen LogP contribution in [0.3, 0.4) is 0 Å². The number of nitrogens with one attached hydrogen (secondary N) is 1. The summed E-state index contributed by atoms with van der Waals surface area (Å²) < 4.78 is 5.67. The van der Waals surface area contributed by atoms with Crippen LogP contribution in [0.1, 0.15) is 39.5 Å². The second-order valence-corrected chi connectivity index (χ2v) is 8.80. The monoisotopic (exact) mass is 372 g/mol. The van der Waals surface area contributed by atoms with Gasteiger partial charge in [-0.05, 0) is 63.0 Å². The van der Waals surface area contributed by atoms with Gasteiger partial charge < -0.3 is 9.73 Å². The fraction of sp³-hybridized carbons (Fsp3) is 0.579. The smallest absolute Gasteiger partial charge is 0.277 e. The summed E-state index contributed by atoms with van der Waals surface area (Å²) in [5, 5.41) is 11.4. The average molecular weight is 372 g/mol. The molecule has 1 N–H and O–H groups in total. The number of nitrogens with zero attached hydrogens (tertiary/aromatic N) is 3. The molecule has 5 atom stereocenters. The first-order chi connectivity index (χ1) is 12.6. The molecule has 2 heterocycles. The Morgan fingerprint density at radius 1 is 1.23 bits per heavy atom. The largest absolute Gasteiger partial charge is 0.411 e. The Hall–Kier alpha value is -1.89. The molecule has 0 aliphatic heterocycles. The van der Waals surface area contributed by atoms with Crippen LogP contribution in [-0.2, 0) is 4.79 Å². The van der Waals surface area contributed by atoms with Gasteiger partial charge in [0.05, 0.1) is 5.25 Å². The van der Waals surface area contributed by atoms with Crippen molar-refractivity contribution in [3.8, 4) is 11.5 Å². The van der Waals surface area contributed by atoms with E-state index in [0.717, 1.165) is 17.4 Å². The molecular formula is C19H24N4O2S. The summed E-state index contributed by atoms with van der Waals surface area (Å²) in [6, 6.07) is 3.86. The zero-order valence-corrected chi connectivity index (χ0v) is 15.9. The van der Waals surface area contributed by atoms with Gasteiger partial charge in [-0.3, -0.25) is 9.78 Å². The van der Waals surface area contributed by atoms with Crippen LogP contribution < -0.4 is 5.32 Å². The minimum absolute atomic E-state index is 0.0361. The standard InChI is InChI=1S/C19H24N4O2S/c1-11(16-10-13-3-4-15(16)9-13)21-17(24)12(2)26-19-23-22-18(25-19)14-5-7-20-8-6-14/h5-8,11-13,15-16H,3-4,9-10H2,1-2H3,(H,21,24). The predicted molar refractivity (Wildman–Crippen MR) is 99.4 cm³/mol. The number of aromatic nitrogens is 3. The number of thioether (sulfide) groups is 1. The molecule has 1 amide bonds. The van der Waals surface area contributed by atoms with E-state index in [1.165, 1.54) is 37.4 Å². The van der Waals surface area contributed by atoms with E-state index >= 15 is 0 Å². The molecule has 26 heavy (non-hydrogen) atoms. The summed E-state index contributed by atoms with van der Waals surface area (Å²) in [6.07, 6.45) is 8.70. The van der Waals surface area contributed by atoms with Crippen molar-refractivity contribution in [2.24, 2.45) is 17.8 Å². The van der Waals surface area contributed by atoms with E-state index in [9.17, 15) is 4.79 Å². The summed E-state index contributed by atoms with van der Waals surface area (Å²) in [4.78, 5) is 16.5. The maximum Gasteiger partial charge on any atom is 0.277 e. The Labute approximate surface area is 157 Å². The van der Waals surface area contributed by atoms with Gasteiger partial charge in [-0.25, -0.2) is 0 Å². The lowest BCUT2D eigenvalue weighted by atomic mass is 9.84. The van der Waals surface area contributed by atoms with Crippen LogP contribution in [0.15, 0.2) is 34.2 Å². The van der Waals surface area contributed by atoms with Crippen molar-refractivity contribution in [2.75, 3.05) is 0 Å². The van der Waals surface area contributed by atoms with Crippen molar-refractivity contribution < 1.29 is 9.21 Å². The Morgan fingerprint density at radius 3 is 2.73 bits per heavy atom. The fourth-order valence-corrected chi connectivity index (χ4v) is 5.12.